The van der Waals surface area contributed by atoms with Crippen LogP contribution in [0.1, 0.15) is 25.0 Å². The molecule has 2 aromatic rings. The minimum absolute atomic E-state index is 0.0901. The highest BCUT2D eigenvalue weighted by atomic mass is 16.1. The lowest BCUT2D eigenvalue weighted by Crippen LogP contribution is -2.16. The van der Waals surface area contributed by atoms with Gasteiger partial charge in [-0.3, -0.25) is 0 Å². The average Bonchev–Trinajstić information content (AvgIpc) is 3.19. The predicted octanol–water partition coefficient (Wildman–Crippen LogP) is 4.07. The molecule has 0 bridgehead atoms. The van der Waals surface area contributed by atoms with Gasteiger partial charge in [0.05, 0.1) is 0 Å². The van der Waals surface area contributed by atoms with Gasteiger partial charge in [0, 0.05) is 11.3 Å². The quantitative estimate of drug-likeness (QED) is 0.761. The highest BCUT2D eigenvalue weighted by Crippen LogP contribution is 2.65. The van der Waals surface area contributed by atoms with E-state index in [0.29, 0.717) is 11.8 Å². The summed E-state index contributed by atoms with van der Waals surface area (Å²) >= 11 is 0. The van der Waals surface area contributed by atoms with Gasteiger partial charge >= 0.3 is 0 Å². The maximum atomic E-state index is 11.6. The lowest BCUT2D eigenvalue weighted by Gasteiger charge is -2.20. The first kappa shape index (κ1) is 13.1. The Kier molecular flexibility index (Phi) is 3.21. The van der Waals surface area contributed by atoms with E-state index in [4.69, 9.17) is 0 Å². The van der Waals surface area contributed by atoms with Gasteiger partial charge in [-0.1, -0.05) is 74.5 Å². The van der Waals surface area contributed by atoms with Crippen LogP contribution < -0.4 is 0 Å². The van der Waals surface area contributed by atoms with Gasteiger partial charge in [-0.2, -0.15) is 0 Å². The third kappa shape index (κ3) is 1.73. The van der Waals surface area contributed by atoms with Crippen LogP contribution in [0.3, 0.4) is 0 Å². The summed E-state index contributed by atoms with van der Waals surface area (Å²) in [5, 5.41) is 0. The summed E-state index contributed by atoms with van der Waals surface area (Å²) in [6.45, 7) is 4.43. The van der Waals surface area contributed by atoms with E-state index >= 15 is 0 Å². The number of hydrogen-bond acceptors (Lipinski definition) is 1. The van der Waals surface area contributed by atoms with Crippen molar-refractivity contribution in [1.29, 1.82) is 0 Å². The van der Waals surface area contributed by atoms with Gasteiger partial charge in [0.2, 0.25) is 0 Å². The summed E-state index contributed by atoms with van der Waals surface area (Å²) in [7, 11) is 0. The number of hydrogen-bond donors (Lipinski definition) is 0. The Morgan fingerprint density at radius 2 is 1.35 bits per heavy atom. The molecule has 0 amide bonds. The number of carbonyl (C=O) groups is 1. The number of carbonyl (C=O) groups excluding carboxylic acids is 1. The third-order valence-electron chi connectivity index (χ3n) is 4.70. The Morgan fingerprint density at radius 1 is 0.900 bits per heavy atom. The molecule has 0 spiro atoms. The maximum absolute atomic E-state index is 11.6. The molecule has 1 aliphatic carbocycles. The molecule has 102 valence electrons. The molecule has 2 aromatic carbocycles. The van der Waals surface area contributed by atoms with Gasteiger partial charge in [0.1, 0.15) is 6.29 Å². The van der Waals surface area contributed by atoms with Crippen molar-refractivity contribution >= 4 is 6.29 Å². The largest absolute Gasteiger partial charge is 0.303 e. The fourth-order valence-corrected chi connectivity index (χ4v) is 3.94. The Hall–Kier alpha value is -1.89. The van der Waals surface area contributed by atoms with E-state index in [-0.39, 0.29) is 11.3 Å². The molecule has 0 radical (unpaired) electrons. The normalized spacial score (nSPS) is 23.6. The summed E-state index contributed by atoms with van der Waals surface area (Å²) in [6.07, 6.45) is 1.16. The molecule has 1 heteroatoms. The first-order valence-corrected chi connectivity index (χ1v) is 7.29. The van der Waals surface area contributed by atoms with Gasteiger partial charge in [-0.25, -0.2) is 0 Å². The number of benzene rings is 2. The van der Waals surface area contributed by atoms with Crippen LogP contribution in [0.15, 0.2) is 60.7 Å². The second-order valence-electron chi connectivity index (χ2n) is 6.03. The summed E-state index contributed by atoms with van der Waals surface area (Å²) in [5.74, 6) is 0.975. The van der Waals surface area contributed by atoms with E-state index in [9.17, 15) is 4.79 Å². The van der Waals surface area contributed by atoms with Crippen molar-refractivity contribution in [2.45, 2.75) is 19.3 Å². The molecule has 0 aromatic heterocycles. The van der Waals surface area contributed by atoms with Gasteiger partial charge in [-0.05, 0) is 23.0 Å². The van der Waals surface area contributed by atoms with E-state index < -0.39 is 0 Å². The predicted molar refractivity (Wildman–Crippen MR) is 81.5 cm³/mol. The van der Waals surface area contributed by atoms with Crippen LogP contribution in [0.5, 0.6) is 0 Å². The molecule has 0 aliphatic heterocycles. The topological polar surface area (TPSA) is 17.1 Å². The number of rotatable bonds is 4. The number of aldehydes is 1. The van der Waals surface area contributed by atoms with Crippen LogP contribution >= 0.6 is 0 Å². The monoisotopic (exact) mass is 264 g/mol. The Morgan fingerprint density at radius 3 is 1.65 bits per heavy atom. The molecule has 20 heavy (non-hydrogen) atoms. The first-order chi connectivity index (χ1) is 9.72. The molecular weight excluding hydrogens is 244 g/mol. The second kappa shape index (κ2) is 4.90. The Balaban J connectivity index is 2.18. The molecule has 1 nitrogen and oxygen atoms in total. The second-order valence-corrected chi connectivity index (χ2v) is 6.03. The first-order valence-electron chi connectivity index (χ1n) is 7.29. The van der Waals surface area contributed by atoms with Gasteiger partial charge in [0.15, 0.2) is 0 Å². The SMILES string of the molecule is CC(C)[C@H]1[C@H](C=O)C1(c1ccccc1)c1ccccc1. The zero-order valence-corrected chi connectivity index (χ0v) is 12.0. The third-order valence-corrected chi connectivity index (χ3v) is 4.70. The van der Waals surface area contributed by atoms with Crippen molar-refractivity contribution in [1.82, 2.24) is 0 Å². The minimum Gasteiger partial charge on any atom is -0.303 e. The van der Waals surface area contributed by atoms with Crippen molar-refractivity contribution in [3.8, 4) is 0 Å². The molecule has 0 unspecified atom stereocenters. The van der Waals surface area contributed by atoms with Crippen LogP contribution in [0.4, 0.5) is 0 Å². The van der Waals surface area contributed by atoms with Crippen LogP contribution in [-0.4, -0.2) is 6.29 Å². The molecule has 0 N–H and O–H groups in total. The Bertz CT molecular complexity index is 546. The summed E-state index contributed by atoms with van der Waals surface area (Å²) < 4.78 is 0. The highest BCUT2D eigenvalue weighted by Gasteiger charge is 2.66. The Labute approximate surface area is 120 Å². The van der Waals surface area contributed by atoms with Crippen LogP contribution in [0, 0.1) is 17.8 Å². The van der Waals surface area contributed by atoms with Crippen molar-refractivity contribution in [3.05, 3.63) is 71.8 Å². The molecule has 1 aliphatic rings. The maximum Gasteiger partial charge on any atom is 0.124 e. The van der Waals surface area contributed by atoms with Crippen LogP contribution in [0.2, 0.25) is 0 Å². The molecule has 2 atom stereocenters. The molecule has 1 fully saturated rings. The lowest BCUT2D eigenvalue weighted by molar-refractivity contribution is -0.109. The standard InChI is InChI=1S/C19H20O/c1-14(2)18-17(13-20)19(18,15-9-5-3-6-10-15)16-11-7-4-8-12-16/h3-14,17-18H,1-2H3/t17-,18-/m0/s1. The van der Waals surface area contributed by atoms with Crippen molar-refractivity contribution in [2.24, 2.45) is 17.8 Å². The van der Waals surface area contributed by atoms with E-state index in [1.54, 1.807) is 0 Å². The van der Waals surface area contributed by atoms with E-state index in [1.807, 2.05) is 12.1 Å². The fraction of sp³-hybridized carbons (Fsp3) is 0.316. The van der Waals surface area contributed by atoms with E-state index in [0.717, 1.165) is 6.29 Å². The van der Waals surface area contributed by atoms with E-state index in [1.165, 1.54) is 11.1 Å². The van der Waals surface area contributed by atoms with Crippen molar-refractivity contribution in [3.63, 3.8) is 0 Å². The molecule has 0 saturated heterocycles. The van der Waals surface area contributed by atoms with Crippen LogP contribution in [-0.2, 0) is 10.2 Å². The average molecular weight is 264 g/mol. The van der Waals surface area contributed by atoms with E-state index in [2.05, 4.69) is 62.4 Å². The summed E-state index contributed by atoms with van der Waals surface area (Å²) in [6, 6.07) is 21.0. The van der Waals surface area contributed by atoms with Gasteiger partial charge in [0.25, 0.3) is 0 Å². The summed E-state index contributed by atoms with van der Waals surface area (Å²) in [5.41, 5.74) is 2.40. The fourth-order valence-electron chi connectivity index (χ4n) is 3.94. The highest BCUT2D eigenvalue weighted by molar-refractivity contribution is 5.70. The zero-order chi connectivity index (χ0) is 14.2. The molecule has 0 heterocycles. The molecular formula is C19H20O. The minimum atomic E-state index is -0.127. The van der Waals surface area contributed by atoms with Crippen molar-refractivity contribution in [2.75, 3.05) is 0 Å². The van der Waals surface area contributed by atoms with Gasteiger partial charge < -0.3 is 4.79 Å². The summed E-state index contributed by atoms with van der Waals surface area (Å²) in [4.78, 5) is 11.6. The molecule has 3 rings (SSSR count). The smallest absolute Gasteiger partial charge is 0.124 e. The van der Waals surface area contributed by atoms with Gasteiger partial charge in [-0.15, -0.1) is 0 Å². The molecule has 1 saturated carbocycles. The zero-order valence-electron chi connectivity index (χ0n) is 12.0. The lowest BCUT2D eigenvalue weighted by atomic mass is 9.82. The van der Waals surface area contributed by atoms with Crippen LogP contribution in [0.25, 0.3) is 0 Å². The van der Waals surface area contributed by atoms with Crippen molar-refractivity contribution < 1.29 is 4.79 Å².